The molecule has 0 bridgehead atoms. The van der Waals surface area contributed by atoms with Crippen molar-refractivity contribution in [2.45, 2.75) is 110 Å². The quantitative estimate of drug-likeness (QED) is 0.535. The van der Waals surface area contributed by atoms with Crippen molar-refractivity contribution in [3.8, 4) is 0 Å². The van der Waals surface area contributed by atoms with Crippen LogP contribution >= 0.6 is 0 Å². The third-order valence-corrected chi connectivity index (χ3v) is 7.00. The van der Waals surface area contributed by atoms with Gasteiger partial charge in [-0.15, -0.1) is 0 Å². The highest BCUT2D eigenvalue weighted by atomic mass is 19.1. The van der Waals surface area contributed by atoms with Gasteiger partial charge in [0.25, 0.3) is 0 Å². The van der Waals surface area contributed by atoms with Crippen LogP contribution in [0.25, 0.3) is 0 Å². The topological polar surface area (TPSA) is 9.23 Å². The predicted molar refractivity (Wildman–Crippen MR) is 91.8 cm³/mol. The molecule has 0 aliphatic heterocycles. The largest absolute Gasteiger partial charge is 0.372 e. The summed E-state index contributed by atoms with van der Waals surface area (Å²) in [4.78, 5) is 0. The molecule has 2 unspecified atom stereocenters. The molecule has 0 N–H and O–H groups in total. The van der Waals surface area contributed by atoms with Crippen LogP contribution in [0.4, 0.5) is 4.39 Å². The second-order valence-corrected chi connectivity index (χ2v) is 8.90. The number of alkyl halides is 1. The Kier molecular flexibility index (Phi) is 5.32. The molecular formula is C20H37FO. The van der Waals surface area contributed by atoms with Crippen molar-refractivity contribution in [2.24, 2.45) is 17.3 Å². The van der Waals surface area contributed by atoms with E-state index in [1.165, 1.54) is 0 Å². The molecule has 0 heterocycles. The minimum absolute atomic E-state index is 0.0115. The van der Waals surface area contributed by atoms with E-state index in [9.17, 15) is 0 Å². The van der Waals surface area contributed by atoms with Gasteiger partial charge in [-0.3, -0.25) is 0 Å². The fourth-order valence-electron chi connectivity index (χ4n) is 4.89. The Hall–Kier alpha value is -0.110. The molecule has 2 aliphatic carbocycles. The normalized spacial score (nSPS) is 35.9. The zero-order chi connectivity index (χ0) is 16.6. The Balaban J connectivity index is 1.96. The molecule has 130 valence electrons. The van der Waals surface area contributed by atoms with Crippen molar-refractivity contribution in [3.05, 3.63) is 0 Å². The van der Waals surface area contributed by atoms with Crippen LogP contribution < -0.4 is 0 Å². The number of rotatable bonds is 7. The molecule has 1 nitrogen and oxygen atoms in total. The lowest BCUT2D eigenvalue weighted by atomic mass is 9.71. The molecule has 0 aromatic rings. The van der Waals surface area contributed by atoms with E-state index in [1.54, 1.807) is 0 Å². The van der Waals surface area contributed by atoms with Crippen LogP contribution in [0.5, 0.6) is 0 Å². The van der Waals surface area contributed by atoms with E-state index in [1.807, 2.05) is 0 Å². The Labute approximate surface area is 137 Å². The van der Waals surface area contributed by atoms with E-state index < -0.39 is 5.67 Å². The van der Waals surface area contributed by atoms with E-state index in [0.29, 0.717) is 17.9 Å². The molecule has 2 rings (SSSR count). The Morgan fingerprint density at radius 1 is 1.00 bits per heavy atom. The van der Waals surface area contributed by atoms with Gasteiger partial charge >= 0.3 is 0 Å². The molecule has 2 fully saturated rings. The first-order valence-corrected chi connectivity index (χ1v) is 9.55. The molecular weight excluding hydrogens is 275 g/mol. The number of ether oxygens (including phenoxy) is 1. The Morgan fingerprint density at radius 3 is 1.91 bits per heavy atom. The van der Waals surface area contributed by atoms with E-state index in [0.717, 1.165) is 51.4 Å². The number of fused-ring (bicyclic) bond motifs is 1. The smallest absolute Gasteiger partial charge is 0.116 e. The lowest BCUT2D eigenvalue weighted by Crippen LogP contribution is -2.39. The maximum absolute atomic E-state index is 15.6. The van der Waals surface area contributed by atoms with Crippen LogP contribution in [0, 0.1) is 17.3 Å². The van der Waals surface area contributed by atoms with Gasteiger partial charge in [-0.25, -0.2) is 4.39 Å². The van der Waals surface area contributed by atoms with Crippen molar-refractivity contribution < 1.29 is 9.13 Å². The van der Waals surface area contributed by atoms with Crippen LogP contribution in [-0.4, -0.2) is 17.4 Å². The second-order valence-electron chi connectivity index (χ2n) is 8.90. The zero-order valence-electron chi connectivity index (χ0n) is 15.7. The van der Waals surface area contributed by atoms with Gasteiger partial charge in [-0.1, -0.05) is 41.0 Å². The van der Waals surface area contributed by atoms with Gasteiger partial charge < -0.3 is 4.74 Å². The lowest BCUT2D eigenvalue weighted by molar-refractivity contribution is -0.0903. The third-order valence-electron chi connectivity index (χ3n) is 7.00. The number of hydrogen-bond acceptors (Lipinski definition) is 1. The van der Waals surface area contributed by atoms with Crippen molar-refractivity contribution in [1.82, 2.24) is 0 Å². The maximum atomic E-state index is 15.6. The molecule has 2 aliphatic rings. The second kappa shape index (κ2) is 6.42. The molecule has 2 saturated carbocycles. The molecule has 22 heavy (non-hydrogen) atoms. The molecule has 2 heteroatoms. The first-order valence-electron chi connectivity index (χ1n) is 9.55. The SMILES string of the molecule is CCCC(C)(C)C1(F)CC2CC(OC(C)(CC)CC)CC2C1. The fraction of sp³-hybridized carbons (Fsp3) is 1.00. The minimum Gasteiger partial charge on any atom is -0.372 e. The molecule has 0 amide bonds. The van der Waals surface area contributed by atoms with Gasteiger partial charge in [0.1, 0.15) is 5.67 Å². The van der Waals surface area contributed by atoms with Crippen molar-refractivity contribution >= 4 is 0 Å². The van der Waals surface area contributed by atoms with Crippen molar-refractivity contribution in [2.75, 3.05) is 0 Å². The van der Waals surface area contributed by atoms with Crippen LogP contribution in [0.3, 0.4) is 0 Å². The first-order chi connectivity index (χ1) is 10.2. The zero-order valence-corrected chi connectivity index (χ0v) is 15.7. The predicted octanol–water partition coefficient (Wildman–Crippen LogP) is 6.30. The number of hydrogen-bond donors (Lipinski definition) is 0. The minimum atomic E-state index is -0.956. The summed E-state index contributed by atoms with van der Waals surface area (Å²) in [5.41, 5.74) is -1.12. The van der Waals surface area contributed by atoms with Gasteiger partial charge in [0.05, 0.1) is 11.7 Å². The molecule has 0 spiro atoms. The fourth-order valence-corrected chi connectivity index (χ4v) is 4.89. The van der Waals surface area contributed by atoms with E-state index in [4.69, 9.17) is 4.74 Å². The average molecular weight is 313 g/mol. The molecule has 0 aromatic carbocycles. The molecule has 0 aromatic heterocycles. The standard InChI is InChI=1S/C20H37FO/c1-7-10-18(4,5)20(21)13-15-11-17(12-16(15)14-20)22-19(6,8-2)9-3/h15-17H,7-14H2,1-6H3. The first kappa shape index (κ1) is 18.2. The van der Waals surface area contributed by atoms with Crippen LogP contribution in [0.2, 0.25) is 0 Å². The summed E-state index contributed by atoms with van der Waals surface area (Å²) in [5.74, 6) is 1.09. The van der Waals surface area contributed by atoms with Crippen LogP contribution in [-0.2, 0) is 4.74 Å². The third kappa shape index (κ3) is 3.37. The summed E-state index contributed by atoms with van der Waals surface area (Å²) < 4.78 is 22.0. The summed E-state index contributed by atoms with van der Waals surface area (Å²) in [6.07, 6.45) is 8.23. The Bertz CT molecular complexity index is 358. The summed E-state index contributed by atoms with van der Waals surface area (Å²) in [6, 6.07) is 0. The summed E-state index contributed by atoms with van der Waals surface area (Å²) in [5, 5.41) is 0. The highest BCUT2D eigenvalue weighted by Gasteiger charge is 2.56. The van der Waals surface area contributed by atoms with Gasteiger partial charge in [0.2, 0.25) is 0 Å². The Morgan fingerprint density at radius 2 is 1.50 bits per heavy atom. The van der Waals surface area contributed by atoms with Crippen molar-refractivity contribution in [1.29, 1.82) is 0 Å². The summed E-state index contributed by atoms with van der Waals surface area (Å²) in [6.45, 7) is 13.1. The van der Waals surface area contributed by atoms with Gasteiger partial charge in [-0.05, 0) is 69.1 Å². The molecule has 0 radical (unpaired) electrons. The van der Waals surface area contributed by atoms with E-state index in [2.05, 4.69) is 41.5 Å². The maximum Gasteiger partial charge on any atom is 0.116 e. The highest BCUT2D eigenvalue weighted by molar-refractivity contribution is 5.06. The van der Waals surface area contributed by atoms with Gasteiger partial charge in [0, 0.05) is 0 Å². The number of halogens is 1. The summed E-state index contributed by atoms with van der Waals surface area (Å²) >= 11 is 0. The van der Waals surface area contributed by atoms with E-state index >= 15 is 4.39 Å². The van der Waals surface area contributed by atoms with Crippen LogP contribution in [0.15, 0.2) is 0 Å². The van der Waals surface area contributed by atoms with Gasteiger partial charge in [-0.2, -0.15) is 0 Å². The lowest BCUT2D eigenvalue weighted by Gasteiger charge is -2.39. The average Bonchev–Trinajstić information content (AvgIpc) is 2.93. The van der Waals surface area contributed by atoms with Crippen molar-refractivity contribution in [3.63, 3.8) is 0 Å². The van der Waals surface area contributed by atoms with Crippen LogP contribution in [0.1, 0.15) is 92.9 Å². The van der Waals surface area contributed by atoms with E-state index in [-0.39, 0.29) is 11.0 Å². The molecule has 0 saturated heterocycles. The highest BCUT2D eigenvalue weighted by Crippen LogP contribution is 2.58. The summed E-state index contributed by atoms with van der Waals surface area (Å²) in [7, 11) is 0. The van der Waals surface area contributed by atoms with Gasteiger partial charge in [0.15, 0.2) is 0 Å². The molecule has 2 atom stereocenters. The monoisotopic (exact) mass is 312 g/mol.